The molecule has 3 nitrogen and oxygen atoms in total. The van der Waals surface area contributed by atoms with E-state index >= 15 is 0 Å². The van der Waals surface area contributed by atoms with Crippen LogP contribution in [0.1, 0.15) is 31.2 Å². The molecule has 0 bridgehead atoms. The molecule has 5 heteroatoms. The Balaban J connectivity index is 0.00000147. The SMILES string of the molecule is Cl.O=C(N[C@H]1CCCNC1)C1(c2ccc(Br)cc2)CC1. The third-order valence-corrected chi connectivity index (χ3v) is 4.74. The molecule has 2 aliphatic rings. The highest BCUT2D eigenvalue weighted by Gasteiger charge is 2.51. The lowest BCUT2D eigenvalue weighted by atomic mass is 9.94. The van der Waals surface area contributed by atoms with Gasteiger partial charge in [-0.2, -0.15) is 0 Å². The monoisotopic (exact) mass is 358 g/mol. The molecular formula is C15H20BrClN2O. The molecule has 1 aliphatic carbocycles. The van der Waals surface area contributed by atoms with Gasteiger partial charge in [-0.1, -0.05) is 28.1 Å². The van der Waals surface area contributed by atoms with E-state index in [-0.39, 0.29) is 23.7 Å². The zero-order valence-corrected chi connectivity index (χ0v) is 13.7. The lowest BCUT2D eigenvalue weighted by Gasteiger charge is -2.26. The van der Waals surface area contributed by atoms with Crippen molar-refractivity contribution in [1.82, 2.24) is 10.6 Å². The average molecular weight is 360 g/mol. The molecule has 0 spiro atoms. The van der Waals surface area contributed by atoms with Gasteiger partial charge in [0.1, 0.15) is 0 Å². The highest BCUT2D eigenvalue weighted by Crippen LogP contribution is 2.48. The Hall–Kier alpha value is -0.580. The third-order valence-electron chi connectivity index (χ3n) is 4.21. The Morgan fingerprint density at radius 3 is 2.55 bits per heavy atom. The molecule has 3 rings (SSSR count). The van der Waals surface area contributed by atoms with Gasteiger partial charge in [0.05, 0.1) is 5.41 Å². The molecule has 1 saturated heterocycles. The lowest BCUT2D eigenvalue weighted by Crippen LogP contribution is -2.48. The second-order valence-electron chi connectivity index (χ2n) is 5.61. The van der Waals surface area contributed by atoms with Gasteiger partial charge in [-0.15, -0.1) is 12.4 Å². The molecular weight excluding hydrogens is 340 g/mol. The summed E-state index contributed by atoms with van der Waals surface area (Å²) in [5.41, 5.74) is 0.898. The molecule has 0 unspecified atom stereocenters. The zero-order valence-electron chi connectivity index (χ0n) is 11.3. The molecule has 0 aromatic heterocycles. The first-order valence-electron chi connectivity index (χ1n) is 6.98. The highest BCUT2D eigenvalue weighted by atomic mass is 79.9. The van der Waals surface area contributed by atoms with Crippen LogP contribution in [0.5, 0.6) is 0 Å². The second-order valence-corrected chi connectivity index (χ2v) is 6.52. The van der Waals surface area contributed by atoms with Crippen LogP contribution in [-0.2, 0) is 10.2 Å². The van der Waals surface area contributed by atoms with E-state index in [9.17, 15) is 4.79 Å². The standard InChI is InChI=1S/C15H19BrN2O.ClH/c16-12-5-3-11(4-6-12)15(7-8-15)14(19)18-13-2-1-9-17-10-13;/h3-6,13,17H,1-2,7-10H2,(H,18,19);1H/t13-;/m0./s1. The van der Waals surface area contributed by atoms with Crippen LogP contribution in [0.15, 0.2) is 28.7 Å². The van der Waals surface area contributed by atoms with Crippen molar-refractivity contribution in [1.29, 1.82) is 0 Å². The summed E-state index contributed by atoms with van der Waals surface area (Å²) in [5, 5.41) is 6.56. The summed E-state index contributed by atoms with van der Waals surface area (Å²) < 4.78 is 1.06. The van der Waals surface area contributed by atoms with Gasteiger partial charge in [0.25, 0.3) is 0 Å². The van der Waals surface area contributed by atoms with Crippen molar-refractivity contribution in [2.24, 2.45) is 0 Å². The number of carbonyl (C=O) groups is 1. The van der Waals surface area contributed by atoms with Gasteiger partial charge in [-0.05, 0) is 49.9 Å². The number of carbonyl (C=O) groups excluding carboxylic acids is 1. The fourth-order valence-corrected chi connectivity index (χ4v) is 3.10. The third kappa shape index (κ3) is 3.18. The number of amides is 1. The average Bonchev–Trinajstić information content (AvgIpc) is 3.22. The van der Waals surface area contributed by atoms with Gasteiger partial charge >= 0.3 is 0 Å². The van der Waals surface area contributed by atoms with Crippen molar-refractivity contribution in [3.63, 3.8) is 0 Å². The van der Waals surface area contributed by atoms with Crippen LogP contribution >= 0.6 is 28.3 Å². The molecule has 1 atom stereocenters. The molecule has 1 aliphatic heterocycles. The molecule has 20 heavy (non-hydrogen) atoms. The van der Waals surface area contributed by atoms with Gasteiger partial charge in [0, 0.05) is 17.1 Å². The summed E-state index contributed by atoms with van der Waals surface area (Å²) in [6.07, 6.45) is 4.19. The molecule has 2 fully saturated rings. The van der Waals surface area contributed by atoms with Gasteiger partial charge < -0.3 is 10.6 Å². The smallest absolute Gasteiger partial charge is 0.230 e. The maximum atomic E-state index is 12.5. The molecule has 1 aromatic carbocycles. The minimum absolute atomic E-state index is 0. The van der Waals surface area contributed by atoms with E-state index in [1.54, 1.807) is 0 Å². The summed E-state index contributed by atoms with van der Waals surface area (Å²) in [4.78, 5) is 12.5. The van der Waals surface area contributed by atoms with Crippen LogP contribution in [0, 0.1) is 0 Å². The van der Waals surface area contributed by atoms with Crippen molar-refractivity contribution in [3.8, 4) is 0 Å². The van der Waals surface area contributed by atoms with E-state index in [4.69, 9.17) is 0 Å². The summed E-state index contributed by atoms with van der Waals surface area (Å²) in [5.74, 6) is 0.212. The molecule has 1 saturated carbocycles. The van der Waals surface area contributed by atoms with Gasteiger partial charge in [-0.3, -0.25) is 4.79 Å². The Kier molecular flexibility index (Phi) is 5.10. The van der Waals surface area contributed by atoms with Crippen molar-refractivity contribution in [2.75, 3.05) is 13.1 Å². The maximum absolute atomic E-state index is 12.5. The number of hydrogen-bond acceptors (Lipinski definition) is 2. The van der Waals surface area contributed by atoms with Crippen LogP contribution < -0.4 is 10.6 Å². The van der Waals surface area contributed by atoms with Crippen molar-refractivity contribution < 1.29 is 4.79 Å². The number of piperidine rings is 1. The summed E-state index contributed by atoms with van der Waals surface area (Å²) in [6, 6.07) is 8.47. The Bertz CT molecular complexity index is 467. The first-order valence-corrected chi connectivity index (χ1v) is 7.78. The van der Waals surface area contributed by atoms with Crippen LogP contribution in [0.2, 0.25) is 0 Å². The Labute approximate surface area is 134 Å². The minimum Gasteiger partial charge on any atom is -0.351 e. The fourth-order valence-electron chi connectivity index (χ4n) is 2.84. The summed E-state index contributed by atoms with van der Waals surface area (Å²) in [6.45, 7) is 1.98. The second kappa shape index (κ2) is 6.46. The van der Waals surface area contributed by atoms with E-state index in [1.807, 2.05) is 12.1 Å². The molecule has 1 amide bonds. The normalized spacial score (nSPS) is 23.6. The number of nitrogens with one attached hydrogen (secondary N) is 2. The number of halogens is 2. The Morgan fingerprint density at radius 1 is 1.30 bits per heavy atom. The van der Waals surface area contributed by atoms with Crippen molar-refractivity contribution >= 4 is 34.2 Å². The van der Waals surface area contributed by atoms with Crippen LogP contribution in [0.25, 0.3) is 0 Å². The zero-order chi connectivity index (χ0) is 13.3. The van der Waals surface area contributed by atoms with Crippen molar-refractivity contribution in [3.05, 3.63) is 34.3 Å². The van der Waals surface area contributed by atoms with E-state index in [2.05, 4.69) is 38.7 Å². The number of hydrogen-bond donors (Lipinski definition) is 2. The first kappa shape index (κ1) is 15.8. The minimum atomic E-state index is -0.252. The van der Waals surface area contributed by atoms with Gasteiger partial charge in [0.15, 0.2) is 0 Å². The van der Waals surface area contributed by atoms with Crippen LogP contribution in [-0.4, -0.2) is 25.0 Å². The predicted octanol–water partition coefficient (Wildman–Crippen LogP) is 2.77. The highest BCUT2D eigenvalue weighted by molar-refractivity contribution is 9.10. The number of benzene rings is 1. The van der Waals surface area contributed by atoms with E-state index < -0.39 is 0 Å². The predicted molar refractivity (Wildman–Crippen MR) is 86.3 cm³/mol. The Morgan fingerprint density at radius 2 is 2.00 bits per heavy atom. The van der Waals surface area contributed by atoms with E-state index in [0.717, 1.165) is 48.8 Å². The molecule has 1 aromatic rings. The van der Waals surface area contributed by atoms with Crippen LogP contribution in [0.4, 0.5) is 0 Å². The van der Waals surface area contributed by atoms with Crippen LogP contribution in [0.3, 0.4) is 0 Å². The van der Waals surface area contributed by atoms with Crippen molar-refractivity contribution in [2.45, 2.75) is 37.1 Å². The quantitative estimate of drug-likeness (QED) is 0.871. The largest absolute Gasteiger partial charge is 0.351 e. The van der Waals surface area contributed by atoms with Gasteiger partial charge in [-0.25, -0.2) is 0 Å². The lowest BCUT2D eigenvalue weighted by molar-refractivity contribution is -0.124. The molecule has 110 valence electrons. The van der Waals surface area contributed by atoms with E-state index in [0.29, 0.717) is 6.04 Å². The van der Waals surface area contributed by atoms with Gasteiger partial charge in [0.2, 0.25) is 5.91 Å². The summed E-state index contributed by atoms with van der Waals surface area (Å²) >= 11 is 3.44. The van der Waals surface area contributed by atoms with E-state index in [1.165, 1.54) is 0 Å². The molecule has 2 N–H and O–H groups in total. The fraction of sp³-hybridized carbons (Fsp3) is 0.533. The number of rotatable bonds is 3. The first-order chi connectivity index (χ1) is 9.21. The molecule has 0 radical (unpaired) electrons. The summed E-state index contributed by atoms with van der Waals surface area (Å²) in [7, 11) is 0. The maximum Gasteiger partial charge on any atom is 0.230 e. The molecule has 1 heterocycles. The topological polar surface area (TPSA) is 41.1 Å².